The van der Waals surface area contributed by atoms with Crippen molar-refractivity contribution in [3.63, 3.8) is 0 Å². The zero-order valence-electron chi connectivity index (χ0n) is 19.2. The number of anilines is 1. The molecule has 1 heterocycles. The summed E-state index contributed by atoms with van der Waals surface area (Å²) in [5.74, 6) is 0.782. The maximum atomic E-state index is 12.2. The van der Waals surface area contributed by atoms with Gasteiger partial charge in [0.25, 0.3) is 5.91 Å². The van der Waals surface area contributed by atoms with E-state index in [1.165, 1.54) is 42.6 Å². The Morgan fingerprint density at radius 3 is 2.38 bits per heavy atom. The molecule has 0 saturated carbocycles. The van der Waals surface area contributed by atoms with Crippen molar-refractivity contribution >= 4 is 17.6 Å². The first-order chi connectivity index (χ1) is 15.6. The Kier molecular flexibility index (Phi) is 8.78. The zero-order valence-corrected chi connectivity index (χ0v) is 19.2. The molecule has 2 aromatic rings. The van der Waals surface area contributed by atoms with Crippen LogP contribution in [0.4, 0.5) is 5.69 Å². The lowest BCUT2D eigenvalue weighted by Gasteiger charge is -2.29. The van der Waals surface area contributed by atoms with Crippen molar-refractivity contribution in [3.05, 3.63) is 59.7 Å². The number of nitrogens with one attached hydrogen (secondary N) is 2. The van der Waals surface area contributed by atoms with E-state index in [2.05, 4.69) is 49.7 Å². The van der Waals surface area contributed by atoms with Crippen LogP contribution in [0.15, 0.2) is 53.5 Å². The lowest BCUT2D eigenvalue weighted by atomic mass is 10.1. The molecular weight excluding hydrogens is 402 g/mol. The van der Waals surface area contributed by atoms with Crippen molar-refractivity contribution in [2.45, 2.75) is 32.7 Å². The normalized spacial score (nSPS) is 14.2. The van der Waals surface area contributed by atoms with E-state index in [9.17, 15) is 9.90 Å². The van der Waals surface area contributed by atoms with E-state index >= 15 is 0 Å². The fourth-order valence-corrected chi connectivity index (χ4v) is 3.83. The zero-order chi connectivity index (χ0) is 22.8. The van der Waals surface area contributed by atoms with Crippen LogP contribution in [0.2, 0.25) is 0 Å². The second-order valence-electron chi connectivity index (χ2n) is 8.11. The van der Waals surface area contributed by atoms with Gasteiger partial charge in [0.2, 0.25) is 0 Å². The van der Waals surface area contributed by atoms with Crippen LogP contribution in [0.3, 0.4) is 0 Å². The molecule has 0 atom stereocenters. The first-order valence-electron chi connectivity index (χ1n) is 11.5. The summed E-state index contributed by atoms with van der Waals surface area (Å²) < 4.78 is 0. The van der Waals surface area contributed by atoms with E-state index in [-0.39, 0.29) is 11.7 Å². The van der Waals surface area contributed by atoms with Gasteiger partial charge in [-0.15, -0.1) is 0 Å². The molecule has 0 spiro atoms. The Morgan fingerprint density at radius 1 is 1.03 bits per heavy atom. The molecule has 3 N–H and O–H groups in total. The van der Waals surface area contributed by atoms with Gasteiger partial charge >= 0.3 is 0 Å². The third-order valence-electron chi connectivity index (χ3n) is 5.56. The molecule has 0 bridgehead atoms. The predicted molar refractivity (Wildman–Crippen MR) is 130 cm³/mol. The van der Waals surface area contributed by atoms with Gasteiger partial charge in [-0.2, -0.15) is 0 Å². The van der Waals surface area contributed by atoms with Crippen molar-refractivity contribution in [1.29, 1.82) is 0 Å². The molecule has 172 valence electrons. The summed E-state index contributed by atoms with van der Waals surface area (Å²) in [5.41, 5.74) is 3.06. The number of benzene rings is 2. The number of hydrogen-bond acceptors (Lipinski definition) is 4. The van der Waals surface area contributed by atoms with E-state index in [1.807, 2.05) is 14.0 Å². The third-order valence-corrected chi connectivity index (χ3v) is 5.56. The van der Waals surface area contributed by atoms with Gasteiger partial charge in [-0.3, -0.25) is 9.79 Å². The van der Waals surface area contributed by atoms with Crippen LogP contribution in [0.25, 0.3) is 0 Å². The maximum Gasteiger partial charge on any atom is 0.251 e. The van der Waals surface area contributed by atoms with Crippen molar-refractivity contribution in [1.82, 2.24) is 15.5 Å². The molecule has 7 nitrogen and oxygen atoms in total. The van der Waals surface area contributed by atoms with Crippen LogP contribution in [0.5, 0.6) is 5.75 Å². The van der Waals surface area contributed by atoms with Crippen LogP contribution in [0.1, 0.15) is 42.1 Å². The SMILES string of the molecule is CCNC(=NCCNC(=O)c1ccc(O)cc1)N(C)Cc1ccc(N2CCCCC2)cc1. The number of phenols is 1. The number of nitrogens with zero attached hydrogens (tertiary/aromatic N) is 3. The van der Waals surface area contributed by atoms with Crippen molar-refractivity contribution in [2.24, 2.45) is 4.99 Å². The van der Waals surface area contributed by atoms with E-state index in [0.29, 0.717) is 18.7 Å². The Morgan fingerprint density at radius 2 is 1.72 bits per heavy atom. The molecule has 0 radical (unpaired) electrons. The molecule has 32 heavy (non-hydrogen) atoms. The molecule has 0 aromatic heterocycles. The number of hydrogen-bond donors (Lipinski definition) is 3. The summed E-state index contributed by atoms with van der Waals surface area (Å²) >= 11 is 0. The summed E-state index contributed by atoms with van der Waals surface area (Å²) in [6.45, 7) is 6.79. The maximum absolute atomic E-state index is 12.2. The van der Waals surface area contributed by atoms with Crippen LogP contribution in [-0.2, 0) is 6.54 Å². The molecule has 1 fully saturated rings. The number of aromatic hydroxyl groups is 1. The van der Waals surface area contributed by atoms with Gasteiger partial charge in [0.1, 0.15) is 5.75 Å². The lowest BCUT2D eigenvalue weighted by molar-refractivity contribution is 0.0955. The Labute approximate surface area is 191 Å². The average molecular weight is 438 g/mol. The molecule has 3 rings (SSSR count). The molecule has 2 aromatic carbocycles. The minimum Gasteiger partial charge on any atom is -0.508 e. The number of amides is 1. The standard InChI is InChI=1S/C25H35N5O2/c1-3-26-25(28-16-15-27-24(32)21-9-13-23(31)14-10-21)29(2)19-20-7-11-22(12-8-20)30-17-5-4-6-18-30/h7-14,31H,3-6,15-19H2,1-2H3,(H,26,28)(H,27,32). The molecule has 1 aliphatic rings. The highest BCUT2D eigenvalue weighted by Crippen LogP contribution is 2.20. The van der Waals surface area contributed by atoms with Gasteiger partial charge in [0.05, 0.1) is 6.54 Å². The number of phenolic OH excluding ortho intramolecular Hbond substituents is 1. The Bertz CT molecular complexity index is 874. The summed E-state index contributed by atoms with van der Waals surface area (Å²) in [5, 5.41) is 15.5. The predicted octanol–water partition coefficient (Wildman–Crippen LogP) is 3.21. The van der Waals surface area contributed by atoms with Crippen LogP contribution >= 0.6 is 0 Å². The molecule has 7 heteroatoms. The van der Waals surface area contributed by atoms with Gasteiger partial charge in [-0.25, -0.2) is 0 Å². The van der Waals surface area contributed by atoms with Gasteiger partial charge in [-0.05, 0) is 68.1 Å². The number of aliphatic imine (C=N–C) groups is 1. The first kappa shape index (κ1) is 23.4. The number of carbonyl (C=O) groups excluding carboxylic acids is 1. The summed E-state index contributed by atoms with van der Waals surface area (Å²) in [6.07, 6.45) is 3.90. The van der Waals surface area contributed by atoms with Crippen molar-refractivity contribution < 1.29 is 9.90 Å². The fourth-order valence-electron chi connectivity index (χ4n) is 3.83. The van der Waals surface area contributed by atoms with Crippen LogP contribution in [-0.4, -0.2) is 61.6 Å². The summed E-state index contributed by atoms with van der Waals surface area (Å²) in [7, 11) is 2.02. The Hall–Kier alpha value is -3.22. The monoisotopic (exact) mass is 437 g/mol. The third kappa shape index (κ3) is 6.90. The largest absolute Gasteiger partial charge is 0.508 e. The van der Waals surface area contributed by atoms with Crippen LogP contribution in [0, 0.1) is 0 Å². The fraction of sp³-hybridized carbons (Fsp3) is 0.440. The highest BCUT2D eigenvalue weighted by Gasteiger charge is 2.12. The topological polar surface area (TPSA) is 80.2 Å². The summed E-state index contributed by atoms with van der Waals surface area (Å²) in [6, 6.07) is 15.0. The van der Waals surface area contributed by atoms with Crippen molar-refractivity contribution in [2.75, 3.05) is 44.7 Å². The van der Waals surface area contributed by atoms with Gasteiger partial charge in [0.15, 0.2) is 5.96 Å². The highest BCUT2D eigenvalue weighted by atomic mass is 16.3. The molecular formula is C25H35N5O2. The van der Waals surface area contributed by atoms with Crippen molar-refractivity contribution in [3.8, 4) is 5.75 Å². The summed E-state index contributed by atoms with van der Waals surface area (Å²) in [4.78, 5) is 21.4. The quantitative estimate of drug-likeness (QED) is 0.336. The van der Waals surface area contributed by atoms with Gasteiger partial charge in [-0.1, -0.05) is 12.1 Å². The van der Waals surface area contributed by atoms with E-state index in [1.54, 1.807) is 12.1 Å². The van der Waals surface area contributed by atoms with E-state index in [0.717, 1.165) is 32.1 Å². The number of guanidine groups is 1. The molecule has 0 unspecified atom stereocenters. The highest BCUT2D eigenvalue weighted by molar-refractivity contribution is 5.94. The minimum atomic E-state index is -0.174. The molecule has 1 amide bonds. The van der Waals surface area contributed by atoms with Gasteiger partial charge < -0.3 is 25.5 Å². The second kappa shape index (κ2) is 12.0. The Balaban J connectivity index is 1.50. The van der Waals surface area contributed by atoms with Crippen LogP contribution < -0.4 is 15.5 Å². The van der Waals surface area contributed by atoms with Gasteiger partial charge in [0, 0.05) is 51.0 Å². The number of carbonyl (C=O) groups is 1. The minimum absolute atomic E-state index is 0.144. The first-order valence-corrected chi connectivity index (χ1v) is 11.5. The lowest BCUT2D eigenvalue weighted by Crippen LogP contribution is -2.39. The van der Waals surface area contributed by atoms with E-state index < -0.39 is 0 Å². The molecule has 1 saturated heterocycles. The molecule has 1 aliphatic heterocycles. The average Bonchev–Trinajstić information content (AvgIpc) is 2.82. The smallest absolute Gasteiger partial charge is 0.251 e. The molecule has 0 aliphatic carbocycles. The number of piperidine rings is 1. The second-order valence-corrected chi connectivity index (χ2v) is 8.11. The van der Waals surface area contributed by atoms with E-state index in [4.69, 9.17) is 0 Å². The number of rotatable bonds is 8.